The molecule has 0 spiro atoms. The molecule has 0 saturated carbocycles. The number of benzene rings is 1. The highest BCUT2D eigenvalue weighted by Crippen LogP contribution is 2.30. The molecule has 7 heteroatoms. The second-order valence-corrected chi connectivity index (χ2v) is 6.67. The third-order valence-electron chi connectivity index (χ3n) is 3.54. The molecule has 0 saturated heterocycles. The van der Waals surface area contributed by atoms with Gasteiger partial charge in [-0.15, -0.1) is 0 Å². The van der Waals surface area contributed by atoms with Gasteiger partial charge in [0.1, 0.15) is 0 Å². The normalized spacial score (nSPS) is 13.0. The zero-order valence-corrected chi connectivity index (χ0v) is 15.7. The van der Waals surface area contributed by atoms with Gasteiger partial charge in [-0.3, -0.25) is 4.79 Å². The van der Waals surface area contributed by atoms with E-state index in [0.29, 0.717) is 23.3 Å². The fourth-order valence-corrected chi connectivity index (χ4v) is 2.93. The third kappa shape index (κ3) is 5.35. The zero-order valence-electron chi connectivity index (χ0n) is 14.9. The lowest BCUT2D eigenvalue weighted by molar-refractivity contribution is -0.120. The largest absolute Gasteiger partial charge is 0.493 e. The second kappa shape index (κ2) is 9.27. The first-order chi connectivity index (χ1) is 12.0. The molecule has 1 aromatic carbocycles. The Morgan fingerprint density at radius 3 is 2.60 bits per heavy atom. The summed E-state index contributed by atoms with van der Waals surface area (Å²) >= 11 is 1.33. The third-order valence-corrected chi connectivity index (χ3v) is 4.53. The number of rotatable bonds is 8. The molecule has 0 fully saturated rings. The Morgan fingerprint density at radius 1 is 1.24 bits per heavy atom. The molecule has 0 aliphatic rings. The molecule has 25 heavy (non-hydrogen) atoms. The number of carbonyl (C=O) groups excluding carboxylic acids is 1. The Labute approximate surface area is 152 Å². The SMILES string of the molecule is CCOc1ccc([C@H](C)NC(=O)[C@@H](C)Sc2ncccn2)cc1OC. The molecule has 0 aliphatic heterocycles. The molecular weight excluding hydrogens is 338 g/mol. The molecule has 2 aromatic rings. The molecule has 1 aromatic heterocycles. The topological polar surface area (TPSA) is 73.3 Å². The summed E-state index contributed by atoms with van der Waals surface area (Å²) in [5, 5.41) is 3.29. The van der Waals surface area contributed by atoms with Crippen LogP contribution in [0.2, 0.25) is 0 Å². The maximum atomic E-state index is 12.4. The van der Waals surface area contributed by atoms with Crippen LogP contribution >= 0.6 is 11.8 Å². The molecule has 1 heterocycles. The van der Waals surface area contributed by atoms with E-state index < -0.39 is 0 Å². The quantitative estimate of drug-likeness (QED) is 0.575. The average molecular weight is 361 g/mol. The number of aromatic nitrogens is 2. The van der Waals surface area contributed by atoms with Gasteiger partial charge in [0.25, 0.3) is 0 Å². The zero-order chi connectivity index (χ0) is 18.2. The molecule has 134 valence electrons. The minimum Gasteiger partial charge on any atom is -0.493 e. The summed E-state index contributed by atoms with van der Waals surface area (Å²) < 4.78 is 10.9. The Balaban J connectivity index is 2.00. The summed E-state index contributed by atoms with van der Waals surface area (Å²) in [6.45, 7) is 6.26. The number of methoxy groups -OCH3 is 1. The molecule has 6 nitrogen and oxygen atoms in total. The van der Waals surface area contributed by atoms with Crippen molar-refractivity contribution in [1.29, 1.82) is 0 Å². The fraction of sp³-hybridized carbons (Fsp3) is 0.389. The van der Waals surface area contributed by atoms with E-state index in [1.807, 2.05) is 39.0 Å². The van der Waals surface area contributed by atoms with Crippen molar-refractivity contribution in [1.82, 2.24) is 15.3 Å². The van der Waals surface area contributed by atoms with E-state index in [2.05, 4.69) is 15.3 Å². The summed E-state index contributed by atoms with van der Waals surface area (Å²) in [6.07, 6.45) is 3.32. The predicted molar refractivity (Wildman–Crippen MR) is 98.1 cm³/mol. The molecular formula is C18H23N3O3S. The van der Waals surface area contributed by atoms with Crippen LogP contribution < -0.4 is 14.8 Å². The molecule has 0 unspecified atom stereocenters. The molecule has 0 bridgehead atoms. The minimum atomic E-state index is -0.297. The fourth-order valence-electron chi connectivity index (χ4n) is 2.20. The maximum Gasteiger partial charge on any atom is 0.233 e. The first-order valence-corrected chi connectivity index (χ1v) is 8.97. The molecule has 2 atom stereocenters. The van der Waals surface area contributed by atoms with Crippen molar-refractivity contribution in [3.63, 3.8) is 0 Å². The van der Waals surface area contributed by atoms with Crippen LogP contribution in [0.3, 0.4) is 0 Å². The lowest BCUT2D eigenvalue weighted by atomic mass is 10.1. The van der Waals surface area contributed by atoms with E-state index in [0.717, 1.165) is 5.56 Å². The number of amides is 1. The molecule has 1 amide bonds. The van der Waals surface area contributed by atoms with E-state index in [1.165, 1.54) is 11.8 Å². The summed E-state index contributed by atoms with van der Waals surface area (Å²) in [4.78, 5) is 20.7. The van der Waals surface area contributed by atoms with E-state index >= 15 is 0 Å². The van der Waals surface area contributed by atoms with E-state index in [-0.39, 0.29) is 17.2 Å². The van der Waals surface area contributed by atoms with Gasteiger partial charge in [0.2, 0.25) is 5.91 Å². The Morgan fingerprint density at radius 2 is 1.96 bits per heavy atom. The van der Waals surface area contributed by atoms with Crippen molar-refractivity contribution >= 4 is 17.7 Å². The Hall–Kier alpha value is -2.28. The second-order valence-electron chi connectivity index (χ2n) is 5.37. The Bertz CT molecular complexity index is 697. The van der Waals surface area contributed by atoms with Crippen molar-refractivity contribution in [3.05, 3.63) is 42.2 Å². The van der Waals surface area contributed by atoms with Gasteiger partial charge in [-0.2, -0.15) is 0 Å². The van der Waals surface area contributed by atoms with Gasteiger partial charge in [-0.25, -0.2) is 9.97 Å². The highest BCUT2D eigenvalue weighted by molar-refractivity contribution is 8.00. The van der Waals surface area contributed by atoms with Crippen LogP contribution in [0.4, 0.5) is 0 Å². The van der Waals surface area contributed by atoms with Gasteiger partial charge in [0.15, 0.2) is 16.7 Å². The van der Waals surface area contributed by atoms with Crippen molar-refractivity contribution in [2.75, 3.05) is 13.7 Å². The lowest BCUT2D eigenvalue weighted by Crippen LogP contribution is -2.33. The number of nitrogens with one attached hydrogen (secondary N) is 1. The summed E-state index contributed by atoms with van der Waals surface area (Å²) in [6, 6.07) is 7.26. The predicted octanol–water partition coefficient (Wildman–Crippen LogP) is 3.24. The minimum absolute atomic E-state index is 0.0715. The molecule has 2 rings (SSSR count). The lowest BCUT2D eigenvalue weighted by Gasteiger charge is -2.19. The standard InChI is InChI=1S/C18H23N3O3S/c1-5-24-15-8-7-14(11-16(15)23-4)12(2)21-17(22)13(3)25-18-19-9-6-10-20-18/h6-13H,5H2,1-4H3,(H,21,22)/t12-,13+/m0/s1. The van der Waals surface area contributed by atoms with Crippen molar-refractivity contribution in [2.24, 2.45) is 0 Å². The number of carbonyl (C=O) groups is 1. The van der Waals surface area contributed by atoms with Crippen LogP contribution in [0.25, 0.3) is 0 Å². The van der Waals surface area contributed by atoms with Crippen LogP contribution in [-0.2, 0) is 4.79 Å². The van der Waals surface area contributed by atoms with Gasteiger partial charge < -0.3 is 14.8 Å². The summed E-state index contributed by atoms with van der Waals surface area (Å²) in [5.41, 5.74) is 0.946. The number of ether oxygens (including phenoxy) is 2. The average Bonchev–Trinajstić information content (AvgIpc) is 2.63. The van der Waals surface area contributed by atoms with Crippen molar-refractivity contribution in [2.45, 2.75) is 37.2 Å². The number of thioether (sulfide) groups is 1. The molecule has 0 radical (unpaired) electrons. The van der Waals surface area contributed by atoms with E-state index in [1.54, 1.807) is 25.6 Å². The van der Waals surface area contributed by atoms with Crippen molar-refractivity contribution < 1.29 is 14.3 Å². The van der Waals surface area contributed by atoms with Gasteiger partial charge in [0.05, 0.1) is 25.0 Å². The van der Waals surface area contributed by atoms with E-state index in [9.17, 15) is 4.79 Å². The summed E-state index contributed by atoms with van der Waals surface area (Å²) in [7, 11) is 1.60. The monoisotopic (exact) mass is 361 g/mol. The number of nitrogens with zero attached hydrogens (tertiary/aromatic N) is 2. The van der Waals surface area contributed by atoms with Crippen molar-refractivity contribution in [3.8, 4) is 11.5 Å². The highest BCUT2D eigenvalue weighted by atomic mass is 32.2. The van der Waals surface area contributed by atoms with Crippen LogP contribution in [0.15, 0.2) is 41.8 Å². The van der Waals surface area contributed by atoms with E-state index in [4.69, 9.17) is 9.47 Å². The maximum absolute atomic E-state index is 12.4. The van der Waals surface area contributed by atoms with Gasteiger partial charge in [0, 0.05) is 12.4 Å². The first-order valence-electron chi connectivity index (χ1n) is 8.10. The van der Waals surface area contributed by atoms with Crippen LogP contribution in [-0.4, -0.2) is 34.8 Å². The van der Waals surface area contributed by atoms with Crippen LogP contribution in [0.5, 0.6) is 11.5 Å². The smallest absolute Gasteiger partial charge is 0.233 e. The van der Waals surface area contributed by atoms with Gasteiger partial charge in [-0.1, -0.05) is 17.8 Å². The molecule has 1 N–H and O–H groups in total. The number of hydrogen-bond acceptors (Lipinski definition) is 6. The van der Waals surface area contributed by atoms with Gasteiger partial charge >= 0.3 is 0 Å². The van der Waals surface area contributed by atoms with Gasteiger partial charge in [-0.05, 0) is 44.5 Å². The highest BCUT2D eigenvalue weighted by Gasteiger charge is 2.19. The number of hydrogen-bond donors (Lipinski definition) is 1. The van der Waals surface area contributed by atoms with Crippen LogP contribution in [0, 0.1) is 0 Å². The molecule has 0 aliphatic carbocycles. The first kappa shape index (κ1) is 19.1. The Kier molecular flexibility index (Phi) is 7.06. The van der Waals surface area contributed by atoms with Crippen LogP contribution in [0.1, 0.15) is 32.4 Å². The summed E-state index contributed by atoms with van der Waals surface area (Å²) in [5.74, 6) is 1.27.